The summed E-state index contributed by atoms with van der Waals surface area (Å²) in [6.45, 7) is 3.81. The number of likely N-dealkylation sites (tertiary alicyclic amines) is 1. The van der Waals surface area contributed by atoms with E-state index in [0.29, 0.717) is 25.9 Å². The first kappa shape index (κ1) is 16.7. The van der Waals surface area contributed by atoms with Crippen molar-refractivity contribution in [2.75, 3.05) is 13.1 Å². The van der Waals surface area contributed by atoms with Gasteiger partial charge in [0.25, 0.3) is 0 Å². The maximum Gasteiger partial charge on any atom is 0.326 e. The van der Waals surface area contributed by atoms with Crippen LogP contribution in [0.5, 0.6) is 0 Å². The Morgan fingerprint density at radius 3 is 2.35 bits per heavy atom. The van der Waals surface area contributed by atoms with E-state index < -0.39 is 30.4 Å². The van der Waals surface area contributed by atoms with E-state index in [-0.39, 0.29) is 0 Å². The molecular weight excluding hydrogens is 270 g/mol. The van der Waals surface area contributed by atoms with Gasteiger partial charge in [-0.2, -0.15) is 0 Å². The third kappa shape index (κ3) is 5.30. The number of rotatable bonds is 5. The summed E-state index contributed by atoms with van der Waals surface area (Å²) in [4.78, 5) is 24.3. The summed E-state index contributed by atoms with van der Waals surface area (Å²) in [6.07, 6.45) is 1.88. The Bertz CT molecular complexity index is 350. The van der Waals surface area contributed by atoms with E-state index in [2.05, 4.69) is 12.2 Å². The standard InChI is InChI=1S/C13H22F2N2O3/c1-3-9-4-6-17(7-5-9)12(20)16-10(11(18)19)8-13(2,14)15/h9-10H,3-8H2,1-2H3,(H,16,20)(H,18,19)/t10-/m0/s1. The van der Waals surface area contributed by atoms with Gasteiger partial charge in [0.1, 0.15) is 6.04 Å². The highest BCUT2D eigenvalue weighted by Crippen LogP contribution is 2.21. The fraction of sp³-hybridized carbons (Fsp3) is 0.846. The number of nitrogens with one attached hydrogen (secondary N) is 1. The molecule has 116 valence electrons. The van der Waals surface area contributed by atoms with Crippen molar-refractivity contribution in [2.45, 2.75) is 51.5 Å². The van der Waals surface area contributed by atoms with Crippen LogP contribution >= 0.6 is 0 Å². The lowest BCUT2D eigenvalue weighted by atomic mass is 9.95. The molecule has 1 aliphatic rings. The van der Waals surface area contributed by atoms with Gasteiger partial charge in [-0.15, -0.1) is 0 Å². The van der Waals surface area contributed by atoms with Crippen LogP contribution in [0.15, 0.2) is 0 Å². The third-order valence-electron chi connectivity index (χ3n) is 3.64. The van der Waals surface area contributed by atoms with E-state index in [0.717, 1.165) is 19.3 Å². The van der Waals surface area contributed by atoms with Crippen LogP contribution in [-0.4, -0.2) is 47.1 Å². The summed E-state index contributed by atoms with van der Waals surface area (Å²) in [5.41, 5.74) is 0. The minimum Gasteiger partial charge on any atom is -0.480 e. The lowest BCUT2D eigenvalue weighted by Crippen LogP contribution is -2.51. The van der Waals surface area contributed by atoms with E-state index in [1.54, 1.807) is 0 Å². The predicted octanol–water partition coefficient (Wildman–Crippen LogP) is 2.32. The van der Waals surface area contributed by atoms with Crippen LogP contribution < -0.4 is 5.32 Å². The second-order valence-electron chi connectivity index (χ2n) is 5.45. The van der Waals surface area contributed by atoms with E-state index in [1.165, 1.54) is 4.90 Å². The topological polar surface area (TPSA) is 69.6 Å². The summed E-state index contributed by atoms with van der Waals surface area (Å²) >= 11 is 0. The van der Waals surface area contributed by atoms with Gasteiger partial charge in [0.05, 0.1) is 0 Å². The number of aliphatic carboxylic acids is 1. The number of alkyl halides is 2. The molecule has 1 atom stereocenters. The fourth-order valence-corrected chi connectivity index (χ4v) is 2.34. The van der Waals surface area contributed by atoms with Crippen molar-refractivity contribution in [3.63, 3.8) is 0 Å². The number of hydrogen-bond acceptors (Lipinski definition) is 2. The highest BCUT2D eigenvalue weighted by Gasteiger charge is 2.33. The molecule has 5 nitrogen and oxygen atoms in total. The molecule has 0 radical (unpaired) electrons. The monoisotopic (exact) mass is 292 g/mol. The third-order valence-corrected chi connectivity index (χ3v) is 3.64. The zero-order valence-electron chi connectivity index (χ0n) is 11.9. The normalized spacial score (nSPS) is 18.7. The van der Waals surface area contributed by atoms with Gasteiger partial charge in [0, 0.05) is 19.5 Å². The molecular formula is C13H22F2N2O3. The smallest absolute Gasteiger partial charge is 0.326 e. The summed E-state index contributed by atoms with van der Waals surface area (Å²) in [7, 11) is 0. The largest absolute Gasteiger partial charge is 0.480 e. The minimum atomic E-state index is -3.13. The summed E-state index contributed by atoms with van der Waals surface area (Å²) in [5.74, 6) is -4.00. The van der Waals surface area contributed by atoms with Gasteiger partial charge in [0.15, 0.2) is 0 Å². The molecule has 0 unspecified atom stereocenters. The fourth-order valence-electron chi connectivity index (χ4n) is 2.34. The number of piperidine rings is 1. The van der Waals surface area contributed by atoms with Crippen LogP contribution in [0.25, 0.3) is 0 Å². The molecule has 0 aromatic heterocycles. The van der Waals surface area contributed by atoms with Gasteiger partial charge in [0.2, 0.25) is 5.92 Å². The Labute approximate surface area is 117 Å². The first-order chi connectivity index (χ1) is 9.23. The van der Waals surface area contributed by atoms with E-state index >= 15 is 0 Å². The molecule has 0 spiro atoms. The number of urea groups is 1. The first-order valence-electron chi connectivity index (χ1n) is 6.89. The van der Waals surface area contributed by atoms with Gasteiger partial charge < -0.3 is 15.3 Å². The molecule has 20 heavy (non-hydrogen) atoms. The van der Waals surface area contributed by atoms with Crippen LogP contribution in [0.2, 0.25) is 0 Å². The second-order valence-corrected chi connectivity index (χ2v) is 5.45. The van der Waals surface area contributed by atoms with Gasteiger partial charge in [-0.25, -0.2) is 18.4 Å². The lowest BCUT2D eigenvalue weighted by molar-refractivity contribution is -0.141. The van der Waals surface area contributed by atoms with E-state index in [1.807, 2.05) is 0 Å². The van der Waals surface area contributed by atoms with Gasteiger partial charge in [-0.05, 0) is 25.7 Å². The molecule has 0 aliphatic carbocycles. The maximum absolute atomic E-state index is 12.9. The van der Waals surface area contributed by atoms with Crippen molar-refractivity contribution < 1.29 is 23.5 Å². The Kier molecular flexibility index (Phi) is 5.71. The Morgan fingerprint density at radius 1 is 1.40 bits per heavy atom. The maximum atomic E-state index is 12.9. The number of carboxylic acids is 1. The molecule has 7 heteroatoms. The van der Waals surface area contributed by atoms with Gasteiger partial charge in [-0.3, -0.25) is 0 Å². The quantitative estimate of drug-likeness (QED) is 0.817. The number of amides is 2. The molecule has 0 aromatic carbocycles. The number of nitrogens with zero attached hydrogens (tertiary/aromatic N) is 1. The number of halogens is 2. The number of carboxylic acid groups (broad SMARTS) is 1. The number of carbonyl (C=O) groups excluding carboxylic acids is 1. The molecule has 2 amide bonds. The summed E-state index contributed by atoms with van der Waals surface area (Å²) in [5, 5.41) is 11.1. The SMILES string of the molecule is CCC1CCN(C(=O)N[C@@H](CC(C)(F)F)C(=O)O)CC1. The second kappa shape index (κ2) is 6.85. The molecule has 0 bridgehead atoms. The molecule has 0 aromatic rings. The van der Waals surface area contributed by atoms with Crippen molar-refractivity contribution in [1.29, 1.82) is 0 Å². The lowest BCUT2D eigenvalue weighted by Gasteiger charge is -2.32. The average molecular weight is 292 g/mol. The van der Waals surface area contributed by atoms with Crippen molar-refractivity contribution in [3.8, 4) is 0 Å². The molecule has 1 heterocycles. The van der Waals surface area contributed by atoms with Crippen molar-refractivity contribution in [3.05, 3.63) is 0 Å². The molecule has 1 saturated heterocycles. The van der Waals surface area contributed by atoms with Crippen molar-refractivity contribution >= 4 is 12.0 Å². The van der Waals surface area contributed by atoms with Gasteiger partial charge >= 0.3 is 12.0 Å². The van der Waals surface area contributed by atoms with E-state index in [9.17, 15) is 18.4 Å². The zero-order valence-corrected chi connectivity index (χ0v) is 11.9. The zero-order chi connectivity index (χ0) is 15.3. The number of carbonyl (C=O) groups is 2. The minimum absolute atomic E-state index is 0.541. The Hall–Kier alpha value is -1.40. The molecule has 1 rings (SSSR count). The van der Waals surface area contributed by atoms with Crippen molar-refractivity contribution in [2.24, 2.45) is 5.92 Å². The van der Waals surface area contributed by atoms with Crippen LogP contribution in [0.1, 0.15) is 39.5 Å². The van der Waals surface area contributed by atoms with Crippen LogP contribution in [-0.2, 0) is 4.79 Å². The molecule has 2 N–H and O–H groups in total. The number of hydrogen-bond donors (Lipinski definition) is 2. The highest BCUT2D eigenvalue weighted by atomic mass is 19.3. The molecule has 1 fully saturated rings. The molecule has 0 saturated carbocycles. The van der Waals surface area contributed by atoms with Crippen LogP contribution in [0.4, 0.5) is 13.6 Å². The van der Waals surface area contributed by atoms with Crippen LogP contribution in [0.3, 0.4) is 0 Å². The van der Waals surface area contributed by atoms with Crippen LogP contribution in [0, 0.1) is 5.92 Å². The first-order valence-corrected chi connectivity index (χ1v) is 6.89. The summed E-state index contributed by atoms with van der Waals surface area (Å²) in [6, 6.07) is -2.14. The molecule has 1 aliphatic heterocycles. The van der Waals surface area contributed by atoms with Crippen molar-refractivity contribution in [1.82, 2.24) is 10.2 Å². The highest BCUT2D eigenvalue weighted by molar-refractivity contribution is 5.82. The van der Waals surface area contributed by atoms with E-state index in [4.69, 9.17) is 5.11 Å². The Morgan fingerprint density at radius 2 is 1.95 bits per heavy atom. The Balaban J connectivity index is 2.52. The van der Waals surface area contributed by atoms with Gasteiger partial charge in [-0.1, -0.05) is 13.3 Å². The predicted molar refractivity (Wildman–Crippen MR) is 69.8 cm³/mol. The summed E-state index contributed by atoms with van der Waals surface area (Å²) < 4.78 is 25.8. The average Bonchev–Trinajstić information content (AvgIpc) is 2.36.